The van der Waals surface area contributed by atoms with E-state index in [1.807, 2.05) is 0 Å². The Morgan fingerprint density at radius 2 is 1.55 bits per heavy atom. The number of rotatable bonds is 2. The van der Waals surface area contributed by atoms with Gasteiger partial charge in [0.1, 0.15) is 5.92 Å². The lowest BCUT2D eigenvalue weighted by molar-refractivity contribution is -0.384. The van der Waals surface area contributed by atoms with Crippen LogP contribution in [0.25, 0.3) is 0 Å². The number of carbonyl (C=O) groups is 2. The lowest BCUT2D eigenvalue weighted by Gasteiger charge is -2.05. The number of nitro groups is 1. The second kappa shape index (κ2) is 4.38. The van der Waals surface area contributed by atoms with Gasteiger partial charge in [-0.2, -0.15) is 0 Å². The molecule has 0 fully saturated rings. The molecule has 0 spiro atoms. The third kappa shape index (κ3) is 1.72. The average molecular weight is 267 g/mol. The molecule has 1 atom stereocenters. The number of non-ortho nitro benzene ring substituents is 1. The van der Waals surface area contributed by atoms with Crippen LogP contribution in [0.1, 0.15) is 32.2 Å². The van der Waals surface area contributed by atoms with E-state index in [0.717, 1.165) is 0 Å². The summed E-state index contributed by atoms with van der Waals surface area (Å²) in [7, 11) is 0. The molecule has 98 valence electrons. The number of carbonyl (C=O) groups excluding carboxylic acids is 2. The molecule has 1 aliphatic rings. The van der Waals surface area contributed by atoms with Crippen molar-refractivity contribution in [1.82, 2.24) is 0 Å². The van der Waals surface area contributed by atoms with Gasteiger partial charge in [-0.1, -0.05) is 30.3 Å². The van der Waals surface area contributed by atoms with Gasteiger partial charge in [-0.3, -0.25) is 19.7 Å². The van der Waals surface area contributed by atoms with E-state index in [-0.39, 0.29) is 28.4 Å². The fourth-order valence-electron chi connectivity index (χ4n) is 2.44. The topological polar surface area (TPSA) is 77.3 Å². The van der Waals surface area contributed by atoms with E-state index in [9.17, 15) is 19.7 Å². The molecular formula is C15H9NO4. The molecule has 0 N–H and O–H groups in total. The molecule has 5 nitrogen and oxygen atoms in total. The summed E-state index contributed by atoms with van der Waals surface area (Å²) in [6.07, 6.45) is 0. The molecule has 0 aliphatic heterocycles. The first-order valence-corrected chi connectivity index (χ1v) is 6.01. The van der Waals surface area contributed by atoms with Crippen LogP contribution in [-0.2, 0) is 0 Å². The van der Waals surface area contributed by atoms with Crippen LogP contribution < -0.4 is 0 Å². The minimum Gasteiger partial charge on any atom is -0.293 e. The lowest BCUT2D eigenvalue weighted by atomic mass is 9.94. The van der Waals surface area contributed by atoms with Crippen molar-refractivity contribution in [3.63, 3.8) is 0 Å². The number of hydrogen-bond donors (Lipinski definition) is 0. The van der Waals surface area contributed by atoms with Gasteiger partial charge in [-0.15, -0.1) is 0 Å². The summed E-state index contributed by atoms with van der Waals surface area (Å²) in [5.41, 5.74) is 0.826. The first-order valence-electron chi connectivity index (χ1n) is 6.01. The average Bonchev–Trinajstić information content (AvgIpc) is 2.71. The molecule has 2 aromatic rings. The summed E-state index contributed by atoms with van der Waals surface area (Å²) >= 11 is 0. The molecule has 1 aliphatic carbocycles. The van der Waals surface area contributed by atoms with Gasteiger partial charge in [-0.25, -0.2) is 0 Å². The minimum atomic E-state index is -0.881. The summed E-state index contributed by atoms with van der Waals surface area (Å²) in [5.74, 6) is -1.56. The molecule has 0 saturated carbocycles. The molecule has 0 aromatic heterocycles. The summed E-state index contributed by atoms with van der Waals surface area (Å²) in [5, 5.41) is 10.7. The van der Waals surface area contributed by atoms with Crippen LogP contribution in [-0.4, -0.2) is 16.5 Å². The molecule has 20 heavy (non-hydrogen) atoms. The maximum atomic E-state index is 12.3. The van der Waals surface area contributed by atoms with Crippen LogP contribution >= 0.6 is 0 Å². The molecular weight excluding hydrogens is 258 g/mol. The highest BCUT2D eigenvalue weighted by molar-refractivity contribution is 6.29. The molecule has 2 aromatic carbocycles. The number of Topliss-reactive ketones (excluding diaryl/α,β-unsaturated/α-hetero) is 2. The van der Waals surface area contributed by atoms with Crippen molar-refractivity contribution in [3.8, 4) is 0 Å². The zero-order chi connectivity index (χ0) is 14.3. The van der Waals surface area contributed by atoms with Gasteiger partial charge in [0.2, 0.25) is 0 Å². The third-order valence-corrected chi connectivity index (χ3v) is 3.40. The lowest BCUT2D eigenvalue weighted by Crippen LogP contribution is -2.12. The molecule has 0 radical (unpaired) electrons. The van der Waals surface area contributed by atoms with Gasteiger partial charge in [0.05, 0.1) is 4.92 Å². The Hall–Kier alpha value is -2.82. The number of nitro benzene ring substituents is 1. The summed E-state index contributed by atoms with van der Waals surface area (Å²) < 4.78 is 0. The Morgan fingerprint density at radius 3 is 2.20 bits per heavy atom. The summed E-state index contributed by atoms with van der Waals surface area (Å²) in [4.78, 5) is 34.8. The Kier molecular flexibility index (Phi) is 2.68. The molecule has 0 amide bonds. The van der Waals surface area contributed by atoms with Crippen molar-refractivity contribution in [3.05, 3.63) is 75.3 Å². The van der Waals surface area contributed by atoms with E-state index >= 15 is 0 Å². The standard InChI is InChI=1S/C15H9NO4/c17-14-11-7-6-10(16(19)20)8-12(11)15(18)13(14)9-4-2-1-3-5-9/h1-8,13H. The van der Waals surface area contributed by atoms with Crippen molar-refractivity contribution >= 4 is 17.3 Å². The SMILES string of the molecule is O=C1c2ccc([N+](=O)[O-])cc2C(=O)C1c1ccccc1. The fraction of sp³-hybridized carbons (Fsp3) is 0.0667. The Bertz CT molecular complexity index is 737. The van der Waals surface area contributed by atoms with Crippen LogP contribution in [0.5, 0.6) is 0 Å². The highest BCUT2D eigenvalue weighted by Crippen LogP contribution is 2.35. The van der Waals surface area contributed by atoms with Crippen LogP contribution in [0, 0.1) is 10.1 Å². The van der Waals surface area contributed by atoms with Crippen molar-refractivity contribution in [2.75, 3.05) is 0 Å². The number of benzene rings is 2. The molecule has 3 rings (SSSR count). The molecule has 1 unspecified atom stereocenters. The first-order chi connectivity index (χ1) is 9.59. The molecule has 0 heterocycles. The van der Waals surface area contributed by atoms with Gasteiger partial charge in [-0.05, 0) is 11.6 Å². The van der Waals surface area contributed by atoms with Gasteiger partial charge in [0.15, 0.2) is 11.6 Å². The normalized spacial score (nSPS) is 17.1. The second-order valence-electron chi connectivity index (χ2n) is 4.56. The summed E-state index contributed by atoms with van der Waals surface area (Å²) in [6.45, 7) is 0. The Balaban J connectivity index is 2.11. The Morgan fingerprint density at radius 1 is 0.900 bits per heavy atom. The van der Waals surface area contributed by atoms with Crippen LogP contribution in [0.15, 0.2) is 48.5 Å². The third-order valence-electron chi connectivity index (χ3n) is 3.40. The van der Waals surface area contributed by atoms with Gasteiger partial charge in [0.25, 0.3) is 5.69 Å². The molecule has 5 heteroatoms. The number of fused-ring (bicyclic) bond motifs is 1. The number of hydrogen-bond acceptors (Lipinski definition) is 4. The van der Waals surface area contributed by atoms with Crippen molar-refractivity contribution < 1.29 is 14.5 Å². The fourth-order valence-corrected chi connectivity index (χ4v) is 2.44. The zero-order valence-corrected chi connectivity index (χ0v) is 10.3. The van der Waals surface area contributed by atoms with Crippen molar-refractivity contribution in [1.29, 1.82) is 0 Å². The highest BCUT2D eigenvalue weighted by Gasteiger charge is 2.40. The largest absolute Gasteiger partial charge is 0.293 e. The smallest absolute Gasteiger partial charge is 0.270 e. The number of nitrogens with zero attached hydrogens (tertiary/aromatic N) is 1. The predicted octanol–water partition coefficient (Wildman–Crippen LogP) is 2.76. The van der Waals surface area contributed by atoms with Crippen molar-refractivity contribution in [2.45, 2.75) is 5.92 Å². The first kappa shape index (κ1) is 12.2. The van der Waals surface area contributed by atoms with E-state index in [1.54, 1.807) is 30.3 Å². The van der Waals surface area contributed by atoms with Crippen LogP contribution in [0.4, 0.5) is 5.69 Å². The van der Waals surface area contributed by atoms with E-state index in [2.05, 4.69) is 0 Å². The summed E-state index contributed by atoms with van der Waals surface area (Å²) in [6, 6.07) is 12.5. The van der Waals surface area contributed by atoms with E-state index in [0.29, 0.717) is 5.56 Å². The molecule has 0 bridgehead atoms. The highest BCUT2D eigenvalue weighted by atomic mass is 16.6. The maximum absolute atomic E-state index is 12.3. The molecule has 0 saturated heterocycles. The van der Waals surface area contributed by atoms with Crippen LogP contribution in [0.3, 0.4) is 0 Å². The Labute approximate surface area is 114 Å². The van der Waals surface area contributed by atoms with E-state index in [4.69, 9.17) is 0 Å². The van der Waals surface area contributed by atoms with Crippen LogP contribution in [0.2, 0.25) is 0 Å². The minimum absolute atomic E-state index is 0.137. The van der Waals surface area contributed by atoms with Crippen molar-refractivity contribution in [2.24, 2.45) is 0 Å². The van der Waals surface area contributed by atoms with Gasteiger partial charge >= 0.3 is 0 Å². The number of ketones is 2. The monoisotopic (exact) mass is 267 g/mol. The second-order valence-corrected chi connectivity index (χ2v) is 4.56. The van der Waals surface area contributed by atoms with Gasteiger partial charge in [0, 0.05) is 23.3 Å². The van der Waals surface area contributed by atoms with Gasteiger partial charge < -0.3 is 0 Å². The van der Waals surface area contributed by atoms with E-state index < -0.39 is 10.8 Å². The quantitative estimate of drug-likeness (QED) is 0.476. The zero-order valence-electron chi connectivity index (χ0n) is 10.3. The van der Waals surface area contributed by atoms with E-state index in [1.165, 1.54) is 18.2 Å². The maximum Gasteiger partial charge on any atom is 0.270 e. The predicted molar refractivity (Wildman–Crippen MR) is 70.9 cm³/mol.